The van der Waals surface area contributed by atoms with Gasteiger partial charge in [-0.1, -0.05) is 41.5 Å². The van der Waals surface area contributed by atoms with E-state index in [4.69, 9.17) is 0 Å². The number of fused-ring (bicyclic) bond motifs is 1. The fourth-order valence-corrected chi connectivity index (χ4v) is 4.88. The zero-order valence-corrected chi connectivity index (χ0v) is 16.7. The number of rotatable bonds is 3. The van der Waals surface area contributed by atoms with Crippen LogP contribution in [0.3, 0.4) is 0 Å². The highest BCUT2D eigenvalue weighted by atomic mass is 32.1. The van der Waals surface area contributed by atoms with Gasteiger partial charge in [0.2, 0.25) is 5.91 Å². The zero-order chi connectivity index (χ0) is 18.1. The molecule has 1 aliphatic carbocycles. The third kappa shape index (κ3) is 5.08. The molecule has 4 heteroatoms. The van der Waals surface area contributed by atoms with Crippen molar-refractivity contribution in [3.05, 3.63) is 16.0 Å². The Hall–Kier alpha value is -1.34. The molecule has 1 amide bonds. The first-order valence-corrected chi connectivity index (χ1v) is 9.64. The van der Waals surface area contributed by atoms with Crippen LogP contribution in [0.15, 0.2) is 0 Å². The molecule has 1 aromatic heterocycles. The van der Waals surface area contributed by atoms with Crippen LogP contribution < -0.4 is 5.32 Å². The molecule has 0 saturated heterocycles. The lowest BCUT2D eigenvalue weighted by molar-refractivity contribution is -0.117. The van der Waals surface area contributed by atoms with Gasteiger partial charge in [0.1, 0.15) is 11.1 Å². The van der Waals surface area contributed by atoms with Gasteiger partial charge in [0, 0.05) is 11.3 Å². The molecule has 0 saturated carbocycles. The molecule has 3 nitrogen and oxygen atoms in total. The molecule has 1 unspecified atom stereocenters. The van der Waals surface area contributed by atoms with Crippen molar-refractivity contribution in [3.8, 4) is 6.07 Å². The fraction of sp³-hybridized carbons (Fsp3) is 0.700. The van der Waals surface area contributed by atoms with Gasteiger partial charge < -0.3 is 5.32 Å². The Morgan fingerprint density at radius 2 is 1.92 bits per heavy atom. The fourth-order valence-electron chi connectivity index (χ4n) is 3.55. The van der Waals surface area contributed by atoms with Gasteiger partial charge in [0.05, 0.1) is 5.56 Å². The molecule has 1 heterocycles. The van der Waals surface area contributed by atoms with E-state index in [9.17, 15) is 10.1 Å². The topological polar surface area (TPSA) is 52.9 Å². The van der Waals surface area contributed by atoms with Crippen LogP contribution in [0.25, 0.3) is 0 Å². The number of hydrogen-bond donors (Lipinski definition) is 1. The van der Waals surface area contributed by atoms with E-state index in [-0.39, 0.29) is 11.3 Å². The number of nitrogens with one attached hydrogen (secondary N) is 1. The van der Waals surface area contributed by atoms with Gasteiger partial charge in [-0.15, -0.1) is 11.3 Å². The largest absolute Gasteiger partial charge is 0.317 e. The van der Waals surface area contributed by atoms with Crippen molar-refractivity contribution < 1.29 is 4.79 Å². The standard InChI is InChI=1S/C20H30N2OS/c1-19(2,3)10-13-7-8-14-15(12-21)18(24-16(14)9-13)22-17(23)11-20(4,5)6/h13H,7-11H2,1-6H3,(H,22,23). The van der Waals surface area contributed by atoms with Crippen molar-refractivity contribution in [1.82, 2.24) is 0 Å². The van der Waals surface area contributed by atoms with E-state index in [2.05, 4.69) is 32.2 Å². The Balaban J connectivity index is 2.16. The van der Waals surface area contributed by atoms with Gasteiger partial charge in [-0.3, -0.25) is 4.79 Å². The van der Waals surface area contributed by atoms with E-state index in [0.29, 0.717) is 23.3 Å². The average molecular weight is 347 g/mol. The summed E-state index contributed by atoms with van der Waals surface area (Å²) in [6.07, 6.45) is 4.82. The number of nitrogens with zero attached hydrogens (tertiary/aromatic N) is 1. The maximum atomic E-state index is 12.2. The second kappa shape index (κ2) is 6.88. The zero-order valence-electron chi connectivity index (χ0n) is 15.9. The molecule has 0 bridgehead atoms. The Labute approximate surface area is 150 Å². The smallest absolute Gasteiger partial charge is 0.225 e. The van der Waals surface area contributed by atoms with Gasteiger partial charge in [-0.2, -0.15) is 5.26 Å². The van der Waals surface area contributed by atoms with Crippen LogP contribution in [0.5, 0.6) is 0 Å². The van der Waals surface area contributed by atoms with E-state index in [1.807, 2.05) is 20.8 Å². The Bertz CT molecular complexity index is 653. The van der Waals surface area contributed by atoms with Gasteiger partial charge in [-0.05, 0) is 48.0 Å². The molecule has 132 valence electrons. The monoisotopic (exact) mass is 346 g/mol. The van der Waals surface area contributed by atoms with E-state index < -0.39 is 0 Å². The molecule has 2 rings (SSSR count). The van der Waals surface area contributed by atoms with E-state index in [1.165, 1.54) is 16.9 Å². The molecule has 24 heavy (non-hydrogen) atoms. The molecule has 1 aliphatic rings. The van der Waals surface area contributed by atoms with Gasteiger partial charge in [0.15, 0.2) is 0 Å². The van der Waals surface area contributed by atoms with Gasteiger partial charge in [-0.25, -0.2) is 0 Å². The minimum atomic E-state index is -0.0500. The van der Waals surface area contributed by atoms with Crippen molar-refractivity contribution in [2.24, 2.45) is 16.7 Å². The quantitative estimate of drug-likeness (QED) is 0.781. The van der Waals surface area contributed by atoms with Crippen molar-refractivity contribution in [2.75, 3.05) is 5.32 Å². The van der Waals surface area contributed by atoms with Crippen LogP contribution in [-0.4, -0.2) is 5.91 Å². The average Bonchev–Trinajstić information content (AvgIpc) is 2.70. The van der Waals surface area contributed by atoms with Crippen molar-refractivity contribution in [1.29, 1.82) is 5.26 Å². The maximum Gasteiger partial charge on any atom is 0.225 e. The molecule has 0 fully saturated rings. The summed E-state index contributed by atoms with van der Waals surface area (Å²) in [6.45, 7) is 13.0. The van der Waals surface area contributed by atoms with Crippen LogP contribution in [0.1, 0.15) is 76.8 Å². The van der Waals surface area contributed by atoms with Crippen molar-refractivity contribution >= 4 is 22.2 Å². The van der Waals surface area contributed by atoms with E-state index in [0.717, 1.165) is 24.3 Å². The molecule has 1 aromatic rings. The number of thiophene rings is 1. The summed E-state index contributed by atoms with van der Waals surface area (Å²) in [6, 6.07) is 2.33. The highest BCUT2D eigenvalue weighted by Gasteiger charge is 2.29. The number of nitriles is 1. The highest BCUT2D eigenvalue weighted by Crippen LogP contribution is 2.42. The maximum absolute atomic E-state index is 12.2. The van der Waals surface area contributed by atoms with Crippen molar-refractivity contribution in [2.45, 2.75) is 73.6 Å². The molecule has 0 spiro atoms. The summed E-state index contributed by atoms with van der Waals surface area (Å²) in [5, 5.41) is 13.3. The minimum absolute atomic E-state index is 0.00355. The second-order valence-corrected chi connectivity index (χ2v) is 10.6. The second-order valence-electron chi connectivity index (χ2n) is 9.48. The van der Waals surface area contributed by atoms with Crippen molar-refractivity contribution in [3.63, 3.8) is 0 Å². The molecule has 1 atom stereocenters. The van der Waals surface area contributed by atoms with Crippen LogP contribution >= 0.6 is 11.3 Å². The summed E-state index contributed by atoms with van der Waals surface area (Å²) in [5.74, 6) is 0.685. The molecular formula is C20H30N2OS. The normalized spacial score (nSPS) is 18.0. The highest BCUT2D eigenvalue weighted by molar-refractivity contribution is 7.16. The van der Waals surface area contributed by atoms with Crippen LogP contribution in [-0.2, 0) is 17.6 Å². The Kier molecular flexibility index (Phi) is 5.44. The summed E-state index contributed by atoms with van der Waals surface area (Å²) < 4.78 is 0. The summed E-state index contributed by atoms with van der Waals surface area (Å²) >= 11 is 1.62. The van der Waals surface area contributed by atoms with E-state index >= 15 is 0 Å². The Morgan fingerprint density at radius 1 is 1.25 bits per heavy atom. The number of hydrogen-bond acceptors (Lipinski definition) is 3. The Morgan fingerprint density at radius 3 is 2.46 bits per heavy atom. The van der Waals surface area contributed by atoms with E-state index in [1.54, 1.807) is 11.3 Å². The number of anilines is 1. The molecule has 0 aromatic carbocycles. The van der Waals surface area contributed by atoms with Crippen LogP contribution in [0.4, 0.5) is 5.00 Å². The number of carbonyl (C=O) groups is 1. The first-order valence-electron chi connectivity index (χ1n) is 8.83. The third-order valence-electron chi connectivity index (χ3n) is 4.32. The summed E-state index contributed by atoms with van der Waals surface area (Å²) in [4.78, 5) is 13.6. The predicted octanol–water partition coefficient (Wildman–Crippen LogP) is 5.54. The summed E-state index contributed by atoms with van der Waals surface area (Å²) in [7, 11) is 0. The third-order valence-corrected chi connectivity index (χ3v) is 5.49. The minimum Gasteiger partial charge on any atom is -0.317 e. The molecule has 0 radical (unpaired) electrons. The number of carbonyl (C=O) groups excluding carboxylic acids is 1. The van der Waals surface area contributed by atoms with Crippen LogP contribution in [0, 0.1) is 28.1 Å². The lowest BCUT2D eigenvalue weighted by atomic mass is 9.77. The molecular weight excluding hydrogens is 316 g/mol. The lowest BCUT2D eigenvalue weighted by Crippen LogP contribution is -2.20. The first kappa shape index (κ1) is 19.0. The number of amides is 1. The SMILES string of the molecule is CC(C)(C)CC(=O)Nc1sc2c(c1C#N)CCC(CC(C)(C)C)C2. The van der Waals surface area contributed by atoms with Gasteiger partial charge in [0.25, 0.3) is 0 Å². The summed E-state index contributed by atoms with van der Waals surface area (Å²) in [5.41, 5.74) is 2.16. The first-order chi connectivity index (χ1) is 11.0. The predicted molar refractivity (Wildman–Crippen MR) is 101 cm³/mol. The lowest BCUT2D eigenvalue weighted by Gasteiger charge is -2.28. The van der Waals surface area contributed by atoms with Gasteiger partial charge >= 0.3 is 0 Å². The molecule has 1 N–H and O–H groups in total. The van der Waals surface area contributed by atoms with Crippen LogP contribution in [0.2, 0.25) is 0 Å². The molecule has 0 aliphatic heterocycles.